The molecule has 0 aromatic carbocycles. The number of fused-ring (bicyclic) bond motifs is 1. The number of H-pyrrole nitrogens is 1. The third-order valence-electron chi connectivity index (χ3n) is 3.34. The van der Waals surface area contributed by atoms with Crippen LogP contribution in [-0.2, 0) is 4.74 Å². The number of aliphatic hydroxyl groups excluding tert-OH is 2. The molecule has 0 saturated carbocycles. The number of hydrogen-bond donors (Lipinski definition) is 6. The standard InChI is InChI=1S/C10H13N5O6/c11-9-13-6-4(7(18)14-9)12-2-15(6)8-10(19,20)5(17)3(1-16)21-8/h2-3,5,8,16-17,19-20H,1H2,(H3,11,13,14,18)/t3-,5-,8-/m1/s1. The van der Waals surface area contributed by atoms with Gasteiger partial charge in [0.25, 0.3) is 5.56 Å². The molecule has 1 fully saturated rings. The van der Waals surface area contributed by atoms with Gasteiger partial charge in [-0.15, -0.1) is 0 Å². The lowest BCUT2D eigenvalue weighted by atomic mass is 10.1. The number of aromatic nitrogens is 4. The first kappa shape index (κ1) is 13.9. The van der Waals surface area contributed by atoms with E-state index in [1.165, 1.54) is 0 Å². The van der Waals surface area contributed by atoms with Crippen molar-refractivity contribution in [2.75, 3.05) is 12.3 Å². The molecular formula is C10H13N5O6. The third kappa shape index (κ3) is 1.91. The molecular weight excluding hydrogens is 286 g/mol. The van der Waals surface area contributed by atoms with E-state index in [4.69, 9.17) is 15.6 Å². The van der Waals surface area contributed by atoms with Crippen molar-refractivity contribution in [2.45, 2.75) is 24.2 Å². The highest BCUT2D eigenvalue weighted by molar-refractivity contribution is 5.70. The van der Waals surface area contributed by atoms with Crippen LogP contribution in [0.5, 0.6) is 0 Å². The van der Waals surface area contributed by atoms with E-state index in [0.717, 1.165) is 10.9 Å². The summed E-state index contributed by atoms with van der Waals surface area (Å²) in [4.78, 5) is 21.6. The van der Waals surface area contributed by atoms with Crippen LogP contribution in [-0.4, -0.2) is 64.5 Å². The van der Waals surface area contributed by atoms with Crippen LogP contribution in [0, 0.1) is 0 Å². The number of anilines is 1. The van der Waals surface area contributed by atoms with E-state index in [0.29, 0.717) is 0 Å². The minimum absolute atomic E-state index is 0.0421. The summed E-state index contributed by atoms with van der Waals surface area (Å²) in [5, 5.41) is 38.7. The van der Waals surface area contributed by atoms with Gasteiger partial charge in [0.2, 0.25) is 11.7 Å². The number of imidazole rings is 1. The number of nitrogens with one attached hydrogen (secondary N) is 1. The zero-order valence-electron chi connectivity index (χ0n) is 10.5. The first-order valence-corrected chi connectivity index (χ1v) is 5.97. The fraction of sp³-hybridized carbons (Fsp3) is 0.500. The maximum Gasteiger partial charge on any atom is 0.280 e. The number of rotatable bonds is 2. The van der Waals surface area contributed by atoms with Gasteiger partial charge < -0.3 is 30.9 Å². The Morgan fingerprint density at radius 2 is 2.24 bits per heavy atom. The third-order valence-corrected chi connectivity index (χ3v) is 3.34. The van der Waals surface area contributed by atoms with Gasteiger partial charge >= 0.3 is 0 Å². The van der Waals surface area contributed by atoms with E-state index in [-0.39, 0.29) is 17.1 Å². The second kappa shape index (κ2) is 4.47. The maximum atomic E-state index is 11.7. The fourth-order valence-electron chi connectivity index (χ4n) is 2.29. The largest absolute Gasteiger partial charge is 0.394 e. The minimum atomic E-state index is -2.69. The Hall–Kier alpha value is -2.05. The van der Waals surface area contributed by atoms with Crippen LogP contribution in [0.3, 0.4) is 0 Å². The lowest BCUT2D eigenvalue weighted by molar-refractivity contribution is -0.247. The Labute approximate surface area is 116 Å². The normalized spacial score (nSPS) is 28.3. The molecule has 0 spiro atoms. The summed E-state index contributed by atoms with van der Waals surface area (Å²) in [6.07, 6.45) is -3.36. The number of nitrogen functional groups attached to an aromatic ring is 1. The van der Waals surface area contributed by atoms with Gasteiger partial charge in [0.05, 0.1) is 12.9 Å². The SMILES string of the molecule is Nc1nc2c(ncn2[C@@H]2O[C@H](CO)[C@@H](O)C2(O)O)c(=O)[nH]1. The smallest absolute Gasteiger partial charge is 0.280 e. The van der Waals surface area contributed by atoms with Crippen molar-refractivity contribution in [1.29, 1.82) is 0 Å². The molecule has 0 amide bonds. The van der Waals surface area contributed by atoms with E-state index in [9.17, 15) is 20.1 Å². The molecule has 3 rings (SSSR count). The average Bonchev–Trinajstić information content (AvgIpc) is 2.91. The van der Waals surface area contributed by atoms with Crippen LogP contribution in [0.25, 0.3) is 11.2 Å². The molecule has 21 heavy (non-hydrogen) atoms. The lowest BCUT2D eigenvalue weighted by Crippen LogP contribution is -2.46. The quantitative estimate of drug-likeness (QED) is 0.308. The minimum Gasteiger partial charge on any atom is -0.394 e. The van der Waals surface area contributed by atoms with Crippen molar-refractivity contribution in [3.63, 3.8) is 0 Å². The van der Waals surface area contributed by atoms with Gasteiger partial charge in [-0.05, 0) is 0 Å². The van der Waals surface area contributed by atoms with E-state index in [2.05, 4.69) is 15.0 Å². The van der Waals surface area contributed by atoms with Gasteiger partial charge in [-0.2, -0.15) is 4.98 Å². The molecule has 2 aromatic rings. The van der Waals surface area contributed by atoms with Crippen molar-refractivity contribution in [3.05, 3.63) is 16.7 Å². The zero-order valence-corrected chi connectivity index (χ0v) is 10.5. The Morgan fingerprint density at radius 1 is 1.52 bits per heavy atom. The maximum absolute atomic E-state index is 11.7. The molecule has 0 bridgehead atoms. The number of nitrogens with two attached hydrogens (primary N) is 1. The van der Waals surface area contributed by atoms with Crippen molar-refractivity contribution < 1.29 is 25.2 Å². The molecule has 0 aliphatic carbocycles. The highest BCUT2D eigenvalue weighted by atomic mass is 16.6. The molecule has 11 heteroatoms. The Morgan fingerprint density at radius 3 is 2.86 bits per heavy atom. The molecule has 11 nitrogen and oxygen atoms in total. The number of aromatic amines is 1. The van der Waals surface area contributed by atoms with Gasteiger partial charge in [-0.1, -0.05) is 0 Å². The molecule has 1 aliphatic heterocycles. The van der Waals surface area contributed by atoms with E-state index in [1.54, 1.807) is 0 Å². The van der Waals surface area contributed by atoms with Gasteiger partial charge in [0.1, 0.15) is 12.2 Å². The van der Waals surface area contributed by atoms with Crippen molar-refractivity contribution in [2.24, 2.45) is 0 Å². The Kier molecular flexibility index (Phi) is 2.96. The van der Waals surface area contributed by atoms with Crippen LogP contribution >= 0.6 is 0 Å². The number of ether oxygens (including phenoxy) is 1. The molecule has 7 N–H and O–H groups in total. The van der Waals surface area contributed by atoms with Crippen LogP contribution in [0.15, 0.2) is 11.1 Å². The second-order valence-electron chi connectivity index (χ2n) is 4.71. The number of aliphatic hydroxyl groups is 4. The average molecular weight is 299 g/mol. The zero-order chi connectivity index (χ0) is 15.4. The molecule has 1 aliphatic rings. The second-order valence-corrected chi connectivity index (χ2v) is 4.71. The Balaban J connectivity index is 2.15. The topological polar surface area (TPSA) is 180 Å². The van der Waals surface area contributed by atoms with Gasteiger partial charge in [-0.3, -0.25) is 14.3 Å². The first-order chi connectivity index (χ1) is 9.86. The number of nitrogens with zero attached hydrogens (tertiary/aromatic N) is 3. The van der Waals surface area contributed by atoms with Crippen LogP contribution in [0.2, 0.25) is 0 Å². The monoisotopic (exact) mass is 299 g/mol. The summed E-state index contributed by atoms with van der Waals surface area (Å²) in [5.41, 5.74) is 4.71. The van der Waals surface area contributed by atoms with Crippen LogP contribution in [0.1, 0.15) is 6.23 Å². The van der Waals surface area contributed by atoms with Gasteiger partial charge in [0.15, 0.2) is 17.4 Å². The van der Waals surface area contributed by atoms with Crippen molar-refractivity contribution in [3.8, 4) is 0 Å². The summed E-state index contributed by atoms with van der Waals surface area (Å²) in [5.74, 6) is -2.88. The van der Waals surface area contributed by atoms with Crippen LogP contribution in [0.4, 0.5) is 5.95 Å². The van der Waals surface area contributed by atoms with Crippen molar-refractivity contribution in [1.82, 2.24) is 19.5 Å². The first-order valence-electron chi connectivity index (χ1n) is 5.97. The lowest BCUT2D eigenvalue weighted by Gasteiger charge is -2.25. The highest BCUT2D eigenvalue weighted by Gasteiger charge is 2.55. The summed E-state index contributed by atoms with van der Waals surface area (Å²) < 4.78 is 6.26. The van der Waals surface area contributed by atoms with Crippen LogP contribution < -0.4 is 11.3 Å². The summed E-state index contributed by atoms with van der Waals surface area (Å²) in [6.45, 7) is -0.622. The molecule has 3 atom stereocenters. The highest BCUT2D eigenvalue weighted by Crippen LogP contribution is 2.37. The van der Waals surface area contributed by atoms with Gasteiger partial charge in [-0.25, -0.2) is 4.98 Å². The number of hydrogen-bond acceptors (Lipinski definition) is 9. The molecule has 114 valence electrons. The van der Waals surface area contributed by atoms with Gasteiger partial charge in [0, 0.05) is 0 Å². The van der Waals surface area contributed by atoms with E-state index in [1.807, 2.05) is 0 Å². The summed E-state index contributed by atoms with van der Waals surface area (Å²) >= 11 is 0. The Bertz CT molecular complexity index is 739. The summed E-state index contributed by atoms with van der Waals surface area (Å²) in [6, 6.07) is 0. The van der Waals surface area contributed by atoms with E-state index >= 15 is 0 Å². The van der Waals surface area contributed by atoms with E-state index < -0.39 is 36.4 Å². The molecule has 1 saturated heterocycles. The molecule has 2 aromatic heterocycles. The fourth-order valence-corrected chi connectivity index (χ4v) is 2.29. The summed E-state index contributed by atoms with van der Waals surface area (Å²) in [7, 11) is 0. The predicted octanol–water partition coefficient (Wildman–Crippen LogP) is -3.37. The molecule has 0 radical (unpaired) electrons. The predicted molar refractivity (Wildman–Crippen MR) is 66.7 cm³/mol. The van der Waals surface area contributed by atoms with Crippen molar-refractivity contribution >= 4 is 17.1 Å². The molecule has 0 unspecified atom stereocenters. The molecule has 3 heterocycles.